The molecule has 4 atom stereocenters. The van der Waals surface area contributed by atoms with Gasteiger partial charge in [0.05, 0.1) is 44.2 Å². The zero-order valence-corrected chi connectivity index (χ0v) is 33.9. The molecule has 3 amide bonds. The maximum atomic E-state index is 13.7. The fourth-order valence-corrected chi connectivity index (χ4v) is 8.56. The van der Waals surface area contributed by atoms with E-state index in [-0.39, 0.29) is 35.5 Å². The molecule has 0 radical (unpaired) electrons. The van der Waals surface area contributed by atoms with Crippen LogP contribution in [-0.4, -0.2) is 101 Å². The molecule has 14 heteroatoms. The minimum Gasteiger partial charge on any atom is -0.493 e. The molecular weight excluding hydrogens is 737 g/mol. The van der Waals surface area contributed by atoms with E-state index >= 15 is 0 Å². The maximum absolute atomic E-state index is 13.7. The second-order valence-electron chi connectivity index (χ2n) is 15.5. The predicted octanol–water partition coefficient (Wildman–Crippen LogP) is 5.37. The minimum absolute atomic E-state index is 0.0485. The number of methoxy groups -OCH3 is 3. The highest BCUT2D eigenvalue weighted by atomic mass is 16.5. The molecular formula is C44H54N8O6. The summed E-state index contributed by atoms with van der Waals surface area (Å²) in [5.74, 6) is 1.45. The Bertz CT molecular complexity index is 2080. The van der Waals surface area contributed by atoms with Crippen LogP contribution in [0, 0.1) is 5.92 Å². The van der Waals surface area contributed by atoms with Crippen LogP contribution in [0.1, 0.15) is 75.3 Å². The Balaban J connectivity index is 0.972. The Morgan fingerprint density at radius 1 is 0.828 bits per heavy atom. The fourth-order valence-electron chi connectivity index (χ4n) is 8.56. The summed E-state index contributed by atoms with van der Waals surface area (Å²) in [6.07, 6.45) is 5.35. The van der Waals surface area contributed by atoms with Crippen LogP contribution in [0.15, 0.2) is 72.9 Å². The second kappa shape index (κ2) is 17.6. The van der Waals surface area contributed by atoms with Gasteiger partial charge in [0.2, 0.25) is 5.75 Å². The quantitative estimate of drug-likeness (QED) is 0.138. The number of hydrogen-bond acceptors (Lipinski definition) is 11. The number of carbonyl (C=O) groups excluding carboxylic acids is 3. The Hall–Kier alpha value is -6.02. The average molecular weight is 791 g/mol. The van der Waals surface area contributed by atoms with Gasteiger partial charge in [0.25, 0.3) is 17.7 Å². The Morgan fingerprint density at radius 2 is 1.53 bits per heavy atom. The van der Waals surface area contributed by atoms with Gasteiger partial charge in [0, 0.05) is 80.1 Å². The van der Waals surface area contributed by atoms with Gasteiger partial charge in [0.15, 0.2) is 11.5 Å². The molecule has 7 rings (SSSR count). The van der Waals surface area contributed by atoms with Crippen LogP contribution in [0.4, 0.5) is 22.9 Å². The molecule has 0 bridgehead atoms. The molecule has 14 nitrogen and oxygen atoms in total. The van der Waals surface area contributed by atoms with Crippen molar-refractivity contribution in [2.45, 2.75) is 50.7 Å². The molecule has 4 aromatic rings. The summed E-state index contributed by atoms with van der Waals surface area (Å²) < 4.78 is 16.4. The third-order valence-electron chi connectivity index (χ3n) is 11.8. The van der Waals surface area contributed by atoms with Crippen molar-refractivity contribution in [2.24, 2.45) is 11.7 Å². The zero-order chi connectivity index (χ0) is 40.9. The van der Waals surface area contributed by atoms with Gasteiger partial charge in [0.1, 0.15) is 5.82 Å². The van der Waals surface area contributed by atoms with Crippen molar-refractivity contribution >= 4 is 40.6 Å². The molecule has 2 saturated heterocycles. The van der Waals surface area contributed by atoms with E-state index in [9.17, 15) is 14.4 Å². The van der Waals surface area contributed by atoms with Crippen LogP contribution in [0.3, 0.4) is 0 Å². The van der Waals surface area contributed by atoms with E-state index in [1.54, 1.807) is 36.5 Å². The Labute approximate surface area is 340 Å². The molecule has 3 fully saturated rings. The number of nitrogens with zero attached hydrogens (tertiary/aromatic N) is 4. The minimum atomic E-state index is -0.638. The van der Waals surface area contributed by atoms with Crippen LogP contribution in [0.2, 0.25) is 0 Å². The number of rotatable bonds is 13. The summed E-state index contributed by atoms with van der Waals surface area (Å²) in [7, 11) is 6.71. The molecule has 1 saturated carbocycles. The van der Waals surface area contributed by atoms with Gasteiger partial charge in [-0.25, -0.2) is 4.98 Å². The molecule has 3 unspecified atom stereocenters. The number of primary amides is 1. The number of benzene rings is 3. The lowest BCUT2D eigenvalue weighted by Crippen LogP contribution is -2.44. The second-order valence-corrected chi connectivity index (χ2v) is 15.5. The molecule has 0 spiro atoms. The maximum Gasteiger partial charge on any atom is 0.253 e. The third kappa shape index (κ3) is 8.76. The number of piperazine rings is 1. The van der Waals surface area contributed by atoms with Gasteiger partial charge >= 0.3 is 0 Å². The normalized spacial score (nSPS) is 19.8. The van der Waals surface area contributed by atoms with Crippen LogP contribution in [0.25, 0.3) is 0 Å². The van der Waals surface area contributed by atoms with E-state index in [1.807, 2.05) is 19.1 Å². The van der Waals surface area contributed by atoms with Crippen LogP contribution < -0.4 is 45.7 Å². The summed E-state index contributed by atoms with van der Waals surface area (Å²) in [5.41, 5.74) is 10.0. The number of likely N-dealkylation sites (N-methyl/N-ethyl adjacent to an activating group) is 1. The standard InChI is InChI=1S/C44H54N8O6/c1-27(28-8-12-34(13-9-28)51-19-17-50(2)18-20-51)47-44(55)31-11-15-40(46-26-31)52-16-6-7-29-21-32(23-37(29)52)49-43(54)30-10-14-35(42(45)53)36(22-30)48-33-24-38(56-3)41(58-5)39(25-33)57-4/h8-15,22,24-27,29,32,37,48H,6-7,16-21,23H2,1-5H3,(H2,45,53)(H,47,55)(H,49,54)/t27-,29?,32?,37?/m0/s1. The predicted molar refractivity (Wildman–Crippen MR) is 225 cm³/mol. The third-order valence-corrected chi connectivity index (χ3v) is 11.8. The molecule has 3 aliphatic rings. The summed E-state index contributed by atoms with van der Waals surface area (Å²) in [5, 5.41) is 9.59. The SMILES string of the molecule is COc1cc(Nc2cc(C(=O)NC3CC4CCCN(c5ccc(C(=O)N[C@@H](C)c6ccc(N7CCN(C)CC7)cc6)cn5)C4C3)ccc2C(N)=O)cc(OC)c1OC. The highest BCUT2D eigenvalue weighted by Crippen LogP contribution is 2.42. The summed E-state index contributed by atoms with van der Waals surface area (Å²) in [6.45, 7) is 6.98. The summed E-state index contributed by atoms with van der Waals surface area (Å²) in [4.78, 5) is 51.2. The van der Waals surface area contributed by atoms with Gasteiger partial charge in [-0.1, -0.05) is 12.1 Å². The molecule has 3 heterocycles. The number of nitrogens with one attached hydrogen (secondary N) is 3. The molecule has 3 aromatic carbocycles. The van der Waals surface area contributed by atoms with Gasteiger partial charge in [-0.2, -0.15) is 0 Å². The molecule has 1 aliphatic carbocycles. The lowest BCUT2D eigenvalue weighted by Gasteiger charge is -2.38. The lowest BCUT2D eigenvalue weighted by molar-refractivity contribution is 0.0929. The van der Waals surface area contributed by atoms with E-state index in [0.29, 0.717) is 45.7 Å². The van der Waals surface area contributed by atoms with Gasteiger partial charge in [-0.05, 0) is 93.6 Å². The van der Waals surface area contributed by atoms with Crippen LogP contribution in [-0.2, 0) is 0 Å². The van der Waals surface area contributed by atoms with Gasteiger partial charge in [-0.15, -0.1) is 0 Å². The van der Waals surface area contributed by atoms with E-state index in [0.717, 1.165) is 69.8 Å². The van der Waals surface area contributed by atoms with Crippen molar-refractivity contribution in [1.29, 1.82) is 0 Å². The van der Waals surface area contributed by atoms with Crippen molar-refractivity contribution in [2.75, 3.05) is 76.2 Å². The van der Waals surface area contributed by atoms with E-state index in [4.69, 9.17) is 24.9 Å². The number of carbonyl (C=O) groups is 3. The van der Waals surface area contributed by atoms with E-state index in [2.05, 4.69) is 62.0 Å². The van der Waals surface area contributed by atoms with Crippen molar-refractivity contribution < 1.29 is 28.6 Å². The first-order chi connectivity index (χ1) is 28.0. The number of amides is 3. The van der Waals surface area contributed by atoms with E-state index in [1.165, 1.54) is 27.0 Å². The van der Waals surface area contributed by atoms with Crippen molar-refractivity contribution in [3.8, 4) is 17.2 Å². The number of hydrogen-bond donors (Lipinski definition) is 4. The molecule has 306 valence electrons. The monoisotopic (exact) mass is 790 g/mol. The number of fused-ring (bicyclic) bond motifs is 1. The molecule has 1 aromatic heterocycles. The van der Waals surface area contributed by atoms with Crippen molar-refractivity contribution in [3.05, 3.63) is 95.2 Å². The van der Waals surface area contributed by atoms with Crippen LogP contribution in [0.5, 0.6) is 17.2 Å². The molecule has 58 heavy (non-hydrogen) atoms. The first-order valence-electron chi connectivity index (χ1n) is 19.9. The summed E-state index contributed by atoms with van der Waals surface area (Å²) in [6, 6.07) is 20.4. The van der Waals surface area contributed by atoms with Crippen molar-refractivity contribution in [1.82, 2.24) is 20.5 Å². The topological polar surface area (TPSA) is 164 Å². The first-order valence-corrected chi connectivity index (χ1v) is 19.9. The highest BCUT2D eigenvalue weighted by Gasteiger charge is 2.41. The van der Waals surface area contributed by atoms with E-state index < -0.39 is 5.91 Å². The highest BCUT2D eigenvalue weighted by molar-refractivity contribution is 6.03. The Morgan fingerprint density at radius 3 is 2.17 bits per heavy atom. The summed E-state index contributed by atoms with van der Waals surface area (Å²) >= 11 is 0. The Kier molecular flexibility index (Phi) is 12.2. The number of aromatic nitrogens is 1. The number of piperidine rings is 1. The number of pyridine rings is 1. The zero-order valence-electron chi connectivity index (χ0n) is 33.9. The number of nitrogens with two attached hydrogens (primary N) is 1. The van der Waals surface area contributed by atoms with Crippen molar-refractivity contribution in [3.63, 3.8) is 0 Å². The lowest BCUT2D eigenvalue weighted by atomic mass is 9.92. The smallest absolute Gasteiger partial charge is 0.253 e. The number of anilines is 4. The first kappa shape index (κ1) is 40.2. The number of ether oxygens (including phenoxy) is 3. The fraction of sp³-hybridized carbons (Fsp3) is 0.409. The average Bonchev–Trinajstić information content (AvgIpc) is 3.66. The largest absolute Gasteiger partial charge is 0.493 e. The molecule has 2 aliphatic heterocycles. The molecule has 5 N–H and O–H groups in total. The van der Waals surface area contributed by atoms with Gasteiger partial charge < -0.3 is 50.6 Å². The van der Waals surface area contributed by atoms with Gasteiger partial charge in [-0.3, -0.25) is 14.4 Å². The van der Waals surface area contributed by atoms with Crippen LogP contribution >= 0.6 is 0 Å².